The number of ketones is 1. The highest BCUT2D eigenvalue weighted by molar-refractivity contribution is 7.91. The first-order valence-corrected chi connectivity index (χ1v) is 6.81. The van der Waals surface area contributed by atoms with E-state index in [4.69, 9.17) is 0 Å². The predicted octanol–water partition coefficient (Wildman–Crippen LogP) is -0.0102. The third-order valence-electron chi connectivity index (χ3n) is 2.61. The molecule has 5 heteroatoms. The minimum absolute atomic E-state index is 0.0925. The van der Waals surface area contributed by atoms with Crippen LogP contribution in [0.15, 0.2) is 0 Å². The molecule has 14 heavy (non-hydrogen) atoms. The van der Waals surface area contributed by atoms with Crippen LogP contribution in [-0.2, 0) is 14.6 Å². The van der Waals surface area contributed by atoms with Crippen LogP contribution in [0.1, 0.15) is 19.8 Å². The number of carbonyl (C=O) groups excluding carboxylic acids is 1. The molecule has 0 bridgehead atoms. The summed E-state index contributed by atoms with van der Waals surface area (Å²) >= 11 is 0. The molecule has 1 fully saturated rings. The number of hydrogen-bond donors (Lipinski definition) is 1. The largest absolute Gasteiger partial charge is 0.316 e. The lowest BCUT2D eigenvalue weighted by atomic mass is 9.96. The van der Waals surface area contributed by atoms with Gasteiger partial charge in [0.05, 0.1) is 5.75 Å². The fraction of sp³-hybridized carbons (Fsp3) is 0.889. The molecule has 82 valence electrons. The molecule has 0 aliphatic carbocycles. The maximum absolute atomic E-state index is 11.4. The molecule has 1 saturated heterocycles. The molecule has 0 saturated carbocycles. The van der Waals surface area contributed by atoms with E-state index in [1.807, 2.05) is 0 Å². The zero-order chi connectivity index (χ0) is 10.6. The molecule has 0 aromatic carbocycles. The van der Waals surface area contributed by atoms with Crippen molar-refractivity contribution in [2.75, 3.05) is 24.6 Å². The Hall–Kier alpha value is -0.420. The zero-order valence-electron chi connectivity index (χ0n) is 8.45. The third-order valence-corrected chi connectivity index (χ3v) is 4.35. The lowest BCUT2D eigenvalue weighted by Gasteiger charge is -2.21. The van der Waals surface area contributed by atoms with E-state index in [1.54, 1.807) is 6.92 Å². The fourth-order valence-electron chi connectivity index (χ4n) is 1.54. The minimum atomic E-state index is -2.92. The first-order chi connectivity index (χ1) is 6.55. The maximum atomic E-state index is 11.4. The summed E-state index contributed by atoms with van der Waals surface area (Å²) in [6, 6.07) is 0. The summed E-state index contributed by atoms with van der Waals surface area (Å²) < 4.78 is 22.4. The van der Waals surface area contributed by atoms with Crippen molar-refractivity contribution in [2.24, 2.45) is 5.92 Å². The second-order valence-electron chi connectivity index (χ2n) is 3.64. The van der Waals surface area contributed by atoms with Gasteiger partial charge in [-0.15, -0.1) is 0 Å². The van der Waals surface area contributed by atoms with Crippen molar-refractivity contribution < 1.29 is 13.2 Å². The van der Waals surface area contributed by atoms with Crippen molar-refractivity contribution in [3.05, 3.63) is 0 Å². The quantitative estimate of drug-likeness (QED) is 0.722. The van der Waals surface area contributed by atoms with Crippen molar-refractivity contribution in [3.63, 3.8) is 0 Å². The highest BCUT2D eigenvalue weighted by Crippen LogP contribution is 2.11. The van der Waals surface area contributed by atoms with Crippen LogP contribution in [0, 0.1) is 5.92 Å². The molecule has 0 radical (unpaired) electrons. The van der Waals surface area contributed by atoms with Crippen LogP contribution in [-0.4, -0.2) is 38.8 Å². The van der Waals surface area contributed by atoms with Crippen LogP contribution in [0.25, 0.3) is 0 Å². The summed E-state index contributed by atoms with van der Waals surface area (Å²) in [7, 11) is -2.92. The highest BCUT2D eigenvalue weighted by Gasteiger charge is 2.23. The summed E-state index contributed by atoms with van der Waals surface area (Å²) in [5.41, 5.74) is 0. The van der Waals surface area contributed by atoms with Crippen molar-refractivity contribution in [2.45, 2.75) is 19.8 Å². The third kappa shape index (κ3) is 3.38. The van der Waals surface area contributed by atoms with E-state index in [1.165, 1.54) is 0 Å². The Kier molecular flexibility index (Phi) is 4.07. The normalized spacial score (nSPS) is 23.8. The Balaban J connectivity index is 2.40. The van der Waals surface area contributed by atoms with Gasteiger partial charge in [-0.1, -0.05) is 6.92 Å². The van der Waals surface area contributed by atoms with Crippen LogP contribution in [0.2, 0.25) is 0 Å². The molecule has 1 rings (SSSR count). The first-order valence-electron chi connectivity index (χ1n) is 4.99. The Morgan fingerprint density at radius 3 is 2.79 bits per heavy atom. The SMILES string of the molecule is CCS(=O)(=O)CCC1CNCCC1=O. The Labute approximate surface area is 85.0 Å². The van der Waals surface area contributed by atoms with Crippen LogP contribution >= 0.6 is 0 Å². The predicted molar refractivity (Wildman–Crippen MR) is 54.9 cm³/mol. The monoisotopic (exact) mass is 219 g/mol. The molecule has 0 aromatic heterocycles. The minimum Gasteiger partial charge on any atom is -0.316 e. The van der Waals surface area contributed by atoms with Gasteiger partial charge in [0.2, 0.25) is 0 Å². The molecular weight excluding hydrogens is 202 g/mol. The maximum Gasteiger partial charge on any atom is 0.150 e. The Bertz CT molecular complexity index is 297. The van der Waals surface area contributed by atoms with Crippen molar-refractivity contribution in [1.82, 2.24) is 5.32 Å². The summed E-state index contributed by atoms with van der Waals surface area (Å²) in [5, 5.41) is 3.10. The van der Waals surface area contributed by atoms with Gasteiger partial charge in [-0.05, 0) is 6.42 Å². The molecule has 1 atom stereocenters. The van der Waals surface area contributed by atoms with Gasteiger partial charge in [-0.25, -0.2) is 8.42 Å². The molecule has 1 aliphatic heterocycles. The van der Waals surface area contributed by atoms with Crippen LogP contribution in [0.3, 0.4) is 0 Å². The first kappa shape index (κ1) is 11.7. The molecule has 0 amide bonds. The van der Waals surface area contributed by atoms with Crippen LogP contribution < -0.4 is 5.32 Å². The van der Waals surface area contributed by atoms with E-state index in [0.717, 1.165) is 6.54 Å². The van der Waals surface area contributed by atoms with E-state index in [-0.39, 0.29) is 23.2 Å². The molecule has 1 aliphatic rings. The van der Waals surface area contributed by atoms with E-state index < -0.39 is 9.84 Å². The summed E-state index contributed by atoms with van der Waals surface area (Å²) in [5.74, 6) is 0.420. The number of carbonyl (C=O) groups is 1. The van der Waals surface area contributed by atoms with Crippen molar-refractivity contribution in [1.29, 1.82) is 0 Å². The molecule has 1 N–H and O–H groups in total. The molecule has 1 heterocycles. The van der Waals surface area contributed by atoms with Crippen LogP contribution in [0.5, 0.6) is 0 Å². The average molecular weight is 219 g/mol. The number of Topliss-reactive ketones (excluding diaryl/α,β-unsaturated/α-hetero) is 1. The second kappa shape index (κ2) is 4.89. The highest BCUT2D eigenvalue weighted by atomic mass is 32.2. The van der Waals surface area contributed by atoms with E-state index in [9.17, 15) is 13.2 Å². The van der Waals surface area contributed by atoms with Gasteiger partial charge >= 0.3 is 0 Å². The number of nitrogens with one attached hydrogen (secondary N) is 1. The van der Waals surface area contributed by atoms with Crippen LogP contribution in [0.4, 0.5) is 0 Å². The second-order valence-corrected chi connectivity index (χ2v) is 6.12. The number of hydrogen-bond acceptors (Lipinski definition) is 4. The lowest BCUT2D eigenvalue weighted by molar-refractivity contribution is -0.123. The van der Waals surface area contributed by atoms with E-state index in [2.05, 4.69) is 5.32 Å². The molecule has 4 nitrogen and oxygen atoms in total. The van der Waals surface area contributed by atoms with Gasteiger partial charge in [0.25, 0.3) is 0 Å². The molecule has 0 spiro atoms. The standard InChI is InChI=1S/C9H17NO3S/c1-2-14(12,13)6-4-8-7-10-5-3-9(8)11/h8,10H,2-7H2,1H3. The van der Waals surface area contributed by atoms with Gasteiger partial charge in [0.1, 0.15) is 15.6 Å². The zero-order valence-corrected chi connectivity index (χ0v) is 9.27. The number of piperidine rings is 1. The van der Waals surface area contributed by atoms with Gasteiger partial charge < -0.3 is 5.32 Å². The molecule has 1 unspecified atom stereocenters. The summed E-state index contributed by atoms with van der Waals surface area (Å²) in [6.07, 6.45) is 1.01. The van der Waals surface area contributed by atoms with Gasteiger partial charge in [0.15, 0.2) is 0 Å². The average Bonchev–Trinajstić information content (AvgIpc) is 2.17. The van der Waals surface area contributed by atoms with Crippen molar-refractivity contribution in [3.8, 4) is 0 Å². The summed E-state index contributed by atoms with van der Waals surface area (Å²) in [4.78, 5) is 11.4. The smallest absolute Gasteiger partial charge is 0.150 e. The van der Waals surface area contributed by atoms with Gasteiger partial charge in [-0.2, -0.15) is 0 Å². The Morgan fingerprint density at radius 2 is 2.21 bits per heavy atom. The van der Waals surface area contributed by atoms with E-state index >= 15 is 0 Å². The molecular formula is C9H17NO3S. The van der Waals surface area contributed by atoms with Gasteiger partial charge in [0, 0.05) is 31.2 Å². The Morgan fingerprint density at radius 1 is 1.50 bits per heavy atom. The molecule has 0 aromatic rings. The van der Waals surface area contributed by atoms with Gasteiger partial charge in [-0.3, -0.25) is 4.79 Å². The number of rotatable bonds is 4. The fourth-order valence-corrected chi connectivity index (χ4v) is 2.47. The topological polar surface area (TPSA) is 63.2 Å². The van der Waals surface area contributed by atoms with Crippen molar-refractivity contribution >= 4 is 15.6 Å². The summed E-state index contributed by atoms with van der Waals surface area (Å²) in [6.45, 7) is 3.00. The number of sulfone groups is 1. The lowest BCUT2D eigenvalue weighted by Crippen LogP contribution is -2.37. The van der Waals surface area contributed by atoms with E-state index in [0.29, 0.717) is 19.4 Å².